The molecule has 8 nitrogen and oxygen atoms in total. The minimum absolute atomic E-state index is 0.262. The van der Waals surface area contributed by atoms with E-state index in [1.165, 1.54) is 18.2 Å². The molecule has 0 N–H and O–H groups in total. The fourth-order valence-corrected chi connectivity index (χ4v) is 1.95. The predicted molar refractivity (Wildman–Crippen MR) is 103 cm³/mol. The Labute approximate surface area is 164 Å². The molecule has 8 heteroatoms. The van der Waals surface area contributed by atoms with E-state index in [0.717, 1.165) is 11.6 Å². The van der Waals surface area contributed by atoms with Crippen molar-refractivity contribution in [2.45, 2.75) is 33.6 Å². The Morgan fingerprint density at radius 3 is 2.32 bits per heavy atom. The molecule has 0 atom stereocenters. The molecule has 0 saturated heterocycles. The number of rotatable bonds is 7. The largest absolute Gasteiger partial charge is 0.507 e. The number of benzene rings is 1. The summed E-state index contributed by atoms with van der Waals surface area (Å²) in [6, 6.07) is 6.14. The van der Waals surface area contributed by atoms with Crippen molar-refractivity contribution in [2.24, 2.45) is 0 Å². The summed E-state index contributed by atoms with van der Waals surface area (Å²) in [4.78, 5) is 25.2. The van der Waals surface area contributed by atoms with E-state index in [4.69, 9.17) is 9.26 Å². The van der Waals surface area contributed by atoms with Crippen molar-refractivity contribution >= 4 is 12.1 Å². The van der Waals surface area contributed by atoms with Gasteiger partial charge in [0.25, 0.3) is 0 Å². The first-order chi connectivity index (χ1) is 13.4. The normalized spacial score (nSPS) is 9.71. The molecule has 0 fully saturated rings. The second kappa shape index (κ2) is 12.3. The highest BCUT2D eigenvalue weighted by atomic mass is 16.7. The van der Waals surface area contributed by atoms with Crippen molar-refractivity contribution in [1.29, 1.82) is 0 Å². The number of carbonyl (C=O) groups is 2. The summed E-state index contributed by atoms with van der Waals surface area (Å²) in [5.74, 6) is 0.808. The molecule has 2 aromatic rings. The Morgan fingerprint density at radius 2 is 1.79 bits per heavy atom. The third-order valence-electron chi connectivity index (χ3n) is 3.63. The van der Waals surface area contributed by atoms with Gasteiger partial charge in [-0.05, 0) is 43.9 Å². The van der Waals surface area contributed by atoms with Gasteiger partial charge in [0.15, 0.2) is 0 Å². The average molecular weight is 390 g/mol. The number of unbranched alkanes of at least 4 members (excludes halogenated alkanes) is 1. The molecule has 0 aliphatic carbocycles. The smallest absolute Gasteiger partial charge is 0.463 e. The first kappa shape index (κ1) is 22.9. The zero-order valence-corrected chi connectivity index (χ0v) is 16.7. The van der Waals surface area contributed by atoms with E-state index >= 15 is 0 Å². The van der Waals surface area contributed by atoms with Crippen LogP contribution in [0.3, 0.4) is 0 Å². The summed E-state index contributed by atoms with van der Waals surface area (Å²) >= 11 is 0. The van der Waals surface area contributed by atoms with Crippen molar-refractivity contribution in [2.75, 3.05) is 20.3 Å². The zero-order chi connectivity index (χ0) is 20.9. The van der Waals surface area contributed by atoms with Crippen molar-refractivity contribution in [3.05, 3.63) is 47.9 Å². The van der Waals surface area contributed by atoms with Crippen LogP contribution in [-0.4, -0.2) is 42.6 Å². The monoisotopic (exact) mass is 390 g/mol. The van der Waals surface area contributed by atoms with E-state index in [-0.39, 0.29) is 6.61 Å². The van der Waals surface area contributed by atoms with Crippen LogP contribution in [0.4, 0.5) is 4.79 Å². The number of nitrogens with zero attached hydrogens (tertiary/aromatic N) is 2. The zero-order valence-electron chi connectivity index (χ0n) is 16.7. The number of aryl methyl sites for hydroxylation is 3. The lowest BCUT2D eigenvalue weighted by Crippen LogP contribution is -2.07. The second-order valence-electron chi connectivity index (χ2n) is 5.82. The highest BCUT2D eigenvalue weighted by Crippen LogP contribution is 2.18. The van der Waals surface area contributed by atoms with Crippen molar-refractivity contribution in [1.82, 2.24) is 10.1 Å². The van der Waals surface area contributed by atoms with Gasteiger partial charge in [-0.2, -0.15) is 4.98 Å². The molecule has 0 aliphatic heterocycles. The number of ether oxygens (including phenoxy) is 3. The summed E-state index contributed by atoms with van der Waals surface area (Å²) < 4.78 is 18.5. The number of carbonyl (C=O) groups excluding carboxylic acids is 2. The Balaban J connectivity index is 0.000000280. The third-order valence-corrected chi connectivity index (χ3v) is 3.63. The van der Waals surface area contributed by atoms with E-state index in [9.17, 15) is 9.59 Å². The minimum atomic E-state index is -0.701. The summed E-state index contributed by atoms with van der Waals surface area (Å²) in [6.07, 6.45) is 1.66. The Bertz CT molecular complexity index is 785. The van der Waals surface area contributed by atoms with Crippen LogP contribution in [0.1, 0.15) is 29.9 Å². The quantitative estimate of drug-likeness (QED) is 0.398. The fourth-order valence-electron chi connectivity index (χ4n) is 1.95. The number of aromatic nitrogens is 2. The first-order valence-corrected chi connectivity index (χ1v) is 8.75. The van der Waals surface area contributed by atoms with Gasteiger partial charge in [-0.3, -0.25) is 0 Å². The number of esters is 1. The molecular formula is C20H26N2O6. The molecule has 1 aromatic heterocycles. The van der Waals surface area contributed by atoms with Crippen molar-refractivity contribution in [3.8, 4) is 11.4 Å². The van der Waals surface area contributed by atoms with Gasteiger partial charge in [-0.15, -0.1) is 0 Å². The highest BCUT2D eigenvalue weighted by Gasteiger charge is 2.05. The standard InChI is InChI=1S/C11H12N2O.C9H14O5/c1-7-4-5-10(6-8(7)2)11-12-9(3)14-13-11;1-3-8(10)13-6-4-5-7-14-9(11)12-2/h4-6H,1-3H3;3H,1,4-7H2,2H3. The molecule has 152 valence electrons. The first-order valence-electron chi connectivity index (χ1n) is 8.75. The van der Waals surface area contributed by atoms with Gasteiger partial charge in [-0.25, -0.2) is 9.59 Å². The molecule has 2 rings (SSSR count). The van der Waals surface area contributed by atoms with Crippen LogP contribution in [0, 0.1) is 20.8 Å². The Kier molecular flexibility index (Phi) is 10.0. The van der Waals surface area contributed by atoms with Crippen LogP contribution in [0.15, 0.2) is 35.4 Å². The lowest BCUT2D eigenvalue weighted by atomic mass is 10.1. The molecule has 0 radical (unpaired) electrons. The van der Waals surface area contributed by atoms with Gasteiger partial charge in [0, 0.05) is 18.6 Å². The molecule has 0 bridgehead atoms. The van der Waals surface area contributed by atoms with E-state index in [0.29, 0.717) is 31.2 Å². The van der Waals surface area contributed by atoms with Gasteiger partial charge in [0.1, 0.15) is 0 Å². The summed E-state index contributed by atoms with van der Waals surface area (Å²) in [5, 5.41) is 3.87. The van der Waals surface area contributed by atoms with Gasteiger partial charge in [-0.1, -0.05) is 23.9 Å². The Morgan fingerprint density at radius 1 is 1.11 bits per heavy atom. The van der Waals surface area contributed by atoms with Crippen molar-refractivity contribution in [3.63, 3.8) is 0 Å². The molecule has 0 unspecified atom stereocenters. The maximum Gasteiger partial charge on any atom is 0.507 e. The van der Waals surface area contributed by atoms with E-state index in [2.05, 4.69) is 52.2 Å². The molecule has 1 aromatic carbocycles. The molecule has 28 heavy (non-hydrogen) atoms. The molecule has 0 aliphatic rings. The van der Waals surface area contributed by atoms with Gasteiger partial charge >= 0.3 is 12.1 Å². The Hall–Kier alpha value is -3.16. The molecule has 0 saturated carbocycles. The van der Waals surface area contributed by atoms with Crippen LogP contribution in [0.2, 0.25) is 0 Å². The summed E-state index contributed by atoms with van der Waals surface area (Å²) in [5.41, 5.74) is 3.52. The minimum Gasteiger partial charge on any atom is -0.463 e. The second-order valence-corrected chi connectivity index (χ2v) is 5.82. The van der Waals surface area contributed by atoms with Crippen LogP contribution < -0.4 is 0 Å². The third kappa shape index (κ3) is 8.48. The van der Waals surface area contributed by atoms with Crippen LogP contribution in [0.5, 0.6) is 0 Å². The average Bonchev–Trinajstić information content (AvgIpc) is 3.13. The molecule has 1 heterocycles. The lowest BCUT2D eigenvalue weighted by Gasteiger charge is -2.03. The van der Waals surface area contributed by atoms with Crippen molar-refractivity contribution < 1.29 is 28.3 Å². The van der Waals surface area contributed by atoms with E-state index < -0.39 is 12.1 Å². The maximum absolute atomic E-state index is 10.6. The fraction of sp³-hybridized carbons (Fsp3) is 0.400. The number of methoxy groups -OCH3 is 1. The molecule has 0 amide bonds. The van der Waals surface area contributed by atoms with Crippen LogP contribution >= 0.6 is 0 Å². The predicted octanol–water partition coefficient (Wildman–Crippen LogP) is 3.94. The van der Waals surface area contributed by atoms with Gasteiger partial charge in [0.05, 0.1) is 20.3 Å². The van der Waals surface area contributed by atoms with Crippen LogP contribution in [0.25, 0.3) is 11.4 Å². The highest BCUT2D eigenvalue weighted by molar-refractivity contribution is 5.81. The van der Waals surface area contributed by atoms with Gasteiger partial charge < -0.3 is 18.7 Å². The number of hydrogen-bond donors (Lipinski definition) is 0. The van der Waals surface area contributed by atoms with Gasteiger partial charge in [0.2, 0.25) is 11.7 Å². The lowest BCUT2D eigenvalue weighted by molar-refractivity contribution is -0.137. The maximum atomic E-state index is 10.6. The summed E-state index contributed by atoms with van der Waals surface area (Å²) in [6.45, 7) is 9.76. The summed E-state index contributed by atoms with van der Waals surface area (Å²) in [7, 11) is 1.24. The molecule has 0 spiro atoms. The molecular weight excluding hydrogens is 364 g/mol. The van der Waals surface area contributed by atoms with E-state index in [1.807, 2.05) is 6.07 Å². The number of hydrogen-bond acceptors (Lipinski definition) is 8. The van der Waals surface area contributed by atoms with Crippen LogP contribution in [-0.2, 0) is 19.0 Å². The van der Waals surface area contributed by atoms with E-state index in [1.54, 1.807) is 6.92 Å². The SMILES string of the molecule is C=CC(=O)OCCCCOC(=O)OC.Cc1nc(-c2ccc(C)c(C)c2)no1. The topological polar surface area (TPSA) is 101 Å².